The summed E-state index contributed by atoms with van der Waals surface area (Å²) in [5.74, 6) is -1.09. The van der Waals surface area contributed by atoms with E-state index < -0.39 is 75.7 Å². The molecule has 0 aromatic heterocycles. The van der Waals surface area contributed by atoms with Crippen LogP contribution in [0.2, 0.25) is 0 Å². The maximum atomic E-state index is 12.8. The molecule has 14 heteroatoms. The molecule has 0 aromatic carbocycles. The Kier molecular flexibility index (Phi) is 35.3. The molecule has 6 unspecified atom stereocenters. The van der Waals surface area contributed by atoms with Crippen LogP contribution in [0.5, 0.6) is 0 Å². The first-order chi connectivity index (χ1) is 28.9. The molecular weight excluding hydrogens is 791 g/mol. The van der Waals surface area contributed by atoms with Gasteiger partial charge in [-0.3, -0.25) is 18.6 Å². The van der Waals surface area contributed by atoms with Gasteiger partial charge in [0.05, 0.1) is 6.61 Å². The molecule has 1 fully saturated rings. The number of hydrogen-bond acceptors (Lipinski definition) is 12. The lowest BCUT2D eigenvalue weighted by Gasteiger charge is -2.41. The molecule has 13 nitrogen and oxygen atoms in total. The predicted octanol–water partition coefficient (Wildman–Crippen LogP) is 9.67. The Labute approximate surface area is 363 Å². The second kappa shape index (κ2) is 37.2. The SMILES string of the molecule is CCCCCCCCCCCCCCCCCCCCCCCCCC(=O)OC[C@@H](COP(=O)(O)OC1C(O)C(O)C(O)[C@H](O)C1O)OC(=O)CCCCCCCCCC. The van der Waals surface area contributed by atoms with Crippen molar-refractivity contribution >= 4 is 19.8 Å². The molecule has 356 valence electrons. The van der Waals surface area contributed by atoms with E-state index in [2.05, 4.69) is 13.8 Å². The lowest BCUT2D eigenvalue weighted by atomic mass is 9.85. The van der Waals surface area contributed by atoms with Crippen LogP contribution < -0.4 is 0 Å². The quantitative estimate of drug-likeness (QED) is 0.0192. The maximum Gasteiger partial charge on any atom is 0.472 e. The number of aliphatic hydroxyl groups is 5. The van der Waals surface area contributed by atoms with Crippen molar-refractivity contribution < 1.29 is 63.1 Å². The van der Waals surface area contributed by atoms with E-state index in [0.29, 0.717) is 12.8 Å². The summed E-state index contributed by atoms with van der Waals surface area (Å²) in [6, 6.07) is 0. The van der Waals surface area contributed by atoms with E-state index >= 15 is 0 Å². The number of ether oxygens (including phenoxy) is 2. The molecule has 0 spiro atoms. The van der Waals surface area contributed by atoms with Crippen LogP contribution in [-0.4, -0.2) is 98.3 Å². The minimum atomic E-state index is -5.10. The number of hydrogen-bond donors (Lipinski definition) is 6. The second-order valence-corrected chi connectivity index (χ2v) is 18.7. The highest BCUT2D eigenvalue weighted by Gasteiger charge is 2.51. The number of rotatable bonds is 41. The summed E-state index contributed by atoms with van der Waals surface area (Å²) >= 11 is 0. The second-order valence-electron chi connectivity index (χ2n) is 17.3. The average molecular weight is 881 g/mol. The first-order valence-electron chi connectivity index (χ1n) is 24.3. The van der Waals surface area contributed by atoms with Crippen LogP contribution in [0.25, 0.3) is 0 Å². The maximum absolute atomic E-state index is 12.8. The van der Waals surface area contributed by atoms with Gasteiger partial charge in [0, 0.05) is 12.8 Å². The third kappa shape index (κ3) is 29.3. The Balaban J connectivity index is 2.28. The molecule has 0 aliphatic heterocycles. The summed E-state index contributed by atoms with van der Waals surface area (Å²) in [4.78, 5) is 35.6. The Morgan fingerprint density at radius 3 is 1.10 bits per heavy atom. The van der Waals surface area contributed by atoms with E-state index in [1.165, 1.54) is 141 Å². The molecule has 8 atom stereocenters. The van der Waals surface area contributed by atoms with E-state index in [-0.39, 0.29) is 12.8 Å². The van der Waals surface area contributed by atoms with Crippen LogP contribution >= 0.6 is 7.82 Å². The molecule has 0 heterocycles. The molecule has 1 aliphatic carbocycles. The molecule has 0 amide bonds. The Hall–Kier alpha value is -1.15. The van der Waals surface area contributed by atoms with Gasteiger partial charge in [-0.25, -0.2) is 4.57 Å². The number of phosphoric acid groups is 1. The van der Waals surface area contributed by atoms with Gasteiger partial charge in [-0.05, 0) is 12.8 Å². The molecule has 0 aromatic rings. The lowest BCUT2D eigenvalue weighted by molar-refractivity contribution is -0.220. The standard InChI is InChI=1S/C46H89O13P/c1-3-5-7-9-11-13-14-15-16-17-18-19-20-21-22-23-24-25-26-27-29-30-32-34-39(47)56-36-38(58-40(48)35-33-31-28-12-10-8-6-4-2)37-57-60(54,55)59-46-44(52)42(50)41(49)43(51)45(46)53/h38,41-46,49-53H,3-37H2,1-2H3,(H,54,55)/t38-,41?,42-,43?,44?,45?,46?/m0/s1. The molecular formula is C46H89O13P. The van der Waals surface area contributed by atoms with Crippen molar-refractivity contribution in [1.29, 1.82) is 0 Å². The topological polar surface area (TPSA) is 210 Å². The summed E-state index contributed by atoms with van der Waals surface area (Å²) in [5.41, 5.74) is 0. The van der Waals surface area contributed by atoms with Gasteiger partial charge in [0.2, 0.25) is 0 Å². The molecule has 1 rings (SSSR count). The zero-order chi connectivity index (χ0) is 44.3. The highest BCUT2D eigenvalue weighted by Crippen LogP contribution is 2.47. The molecule has 0 radical (unpaired) electrons. The zero-order valence-electron chi connectivity index (χ0n) is 37.8. The summed E-state index contributed by atoms with van der Waals surface area (Å²) in [7, 11) is -5.10. The highest BCUT2D eigenvalue weighted by molar-refractivity contribution is 7.47. The summed E-state index contributed by atoms with van der Waals surface area (Å²) in [6.07, 6.45) is 24.9. The van der Waals surface area contributed by atoms with Crippen LogP contribution in [-0.2, 0) is 32.7 Å². The first kappa shape index (κ1) is 56.9. The van der Waals surface area contributed by atoms with Crippen molar-refractivity contribution in [2.75, 3.05) is 13.2 Å². The monoisotopic (exact) mass is 881 g/mol. The molecule has 60 heavy (non-hydrogen) atoms. The van der Waals surface area contributed by atoms with E-state index in [1.807, 2.05) is 0 Å². The summed E-state index contributed by atoms with van der Waals surface area (Å²) < 4.78 is 33.4. The Morgan fingerprint density at radius 2 is 0.750 bits per heavy atom. The van der Waals surface area contributed by atoms with Gasteiger partial charge in [-0.2, -0.15) is 0 Å². The van der Waals surface area contributed by atoms with Gasteiger partial charge >= 0.3 is 19.8 Å². The molecule has 1 saturated carbocycles. The number of carbonyl (C=O) groups is 2. The van der Waals surface area contributed by atoms with Crippen molar-refractivity contribution in [3.8, 4) is 0 Å². The molecule has 0 bridgehead atoms. The van der Waals surface area contributed by atoms with Gasteiger partial charge in [0.15, 0.2) is 6.10 Å². The van der Waals surface area contributed by atoms with Gasteiger partial charge in [-0.15, -0.1) is 0 Å². The predicted molar refractivity (Wildman–Crippen MR) is 235 cm³/mol. The van der Waals surface area contributed by atoms with Crippen LogP contribution in [0.3, 0.4) is 0 Å². The number of aliphatic hydroxyl groups excluding tert-OH is 5. The number of phosphoric ester groups is 1. The highest BCUT2D eigenvalue weighted by atomic mass is 31.2. The van der Waals surface area contributed by atoms with Crippen LogP contribution in [0.4, 0.5) is 0 Å². The smallest absolute Gasteiger partial charge is 0.462 e. The number of esters is 2. The van der Waals surface area contributed by atoms with Gasteiger partial charge < -0.3 is 39.9 Å². The minimum absolute atomic E-state index is 0.102. The fraction of sp³-hybridized carbons (Fsp3) is 0.957. The minimum Gasteiger partial charge on any atom is -0.462 e. The largest absolute Gasteiger partial charge is 0.472 e. The van der Waals surface area contributed by atoms with Gasteiger partial charge in [0.25, 0.3) is 0 Å². The van der Waals surface area contributed by atoms with E-state index in [9.17, 15) is 44.6 Å². The van der Waals surface area contributed by atoms with Crippen molar-refractivity contribution in [3.63, 3.8) is 0 Å². The molecule has 0 saturated heterocycles. The normalized spacial score (nSPS) is 22.1. The fourth-order valence-corrected chi connectivity index (χ4v) is 8.73. The van der Waals surface area contributed by atoms with Crippen LogP contribution in [0.1, 0.15) is 226 Å². The third-order valence-electron chi connectivity index (χ3n) is 11.7. The summed E-state index contributed by atoms with van der Waals surface area (Å²) in [6.45, 7) is 3.28. The van der Waals surface area contributed by atoms with Crippen molar-refractivity contribution in [2.24, 2.45) is 0 Å². The van der Waals surface area contributed by atoms with Crippen LogP contribution in [0, 0.1) is 0 Å². The van der Waals surface area contributed by atoms with E-state index in [0.717, 1.165) is 44.9 Å². The fourth-order valence-electron chi connectivity index (χ4n) is 7.76. The number of unbranched alkanes of at least 4 members (excludes halogenated alkanes) is 29. The first-order valence-corrected chi connectivity index (χ1v) is 25.8. The number of carbonyl (C=O) groups excluding carboxylic acids is 2. The van der Waals surface area contributed by atoms with Crippen molar-refractivity contribution in [1.82, 2.24) is 0 Å². The van der Waals surface area contributed by atoms with Gasteiger partial charge in [0.1, 0.15) is 43.2 Å². The summed E-state index contributed by atoms with van der Waals surface area (Å²) in [5, 5.41) is 50.0. The molecule has 6 N–H and O–H groups in total. The third-order valence-corrected chi connectivity index (χ3v) is 12.7. The van der Waals surface area contributed by atoms with E-state index in [4.69, 9.17) is 18.5 Å². The zero-order valence-corrected chi connectivity index (χ0v) is 38.7. The Morgan fingerprint density at radius 1 is 0.450 bits per heavy atom. The average Bonchev–Trinajstić information content (AvgIpc) is 3.23. The Bertz CT molecular complexity index is 1060. The van der Waals surface area contributed by atoms with Gasteiger partial charge in [-0.1, -0.05) is 200 Å². The molecule has 1 aliphatic rings. The van der Waals surface area contributed by atoms with Crippen molar-refractivity contribution in [3.05, 3.63) is 0 Å². The van der Waals surface area contributed by atoms with E-state index in [1.54, 1.807) is 0 Å². The lowest BCUT2D eigenvalue weighted by Crippen LogP contribution is -2.64. The van der Waals surface area contributed by atoms with Crippen LogP contribution in [0.15, 0.2) is 0 Å². The van der Waals surface area contributed by atoms with Crippen molar-refractivity contribution in [2.45, 2.75) is 268 Å².